The summed E-state index contributed by atoms with van der Waals surface area (Å²) in [5.41, 5.74) is 7.38. The first kappa shape index (κ1) is 23.7. The molecule has 1 aliphatic rings. The van der Waals surface area contributed by atoms with Gasteiger partial charge in [-0.3, -0.25) is 0 Å². The number of piperazine rings is 1. The fourth-order valence-corrected chi connectivity index (χ4v) is 3.92. The first-order chi connectivity index (χ1) is 16.4. The predicted molar refractivity (Wildman–Crippen MR) is 129 cm³/mol. The molecule has 1 aliphatic heterocycles. The lowest BCUT2D eigenvalue weighted by Crippen LogP contribution is -2.45. The predicted octanol–water partition coefficient (Wildman–Crippen LogP) is 3.16. The number of halogens is 2. The van der Waals surface area contributed by atoms with Gasteiger partial charge in [0, 0.05) is 44.4 Å². The number of carbonyl (C=O) groups excluding carboxylic acids is 1. The van der Waals surface area contributed by atoms with E-state index >= 15 is 0 Å². The van der Waals surface area contributed by atoms with Crippen LogP contribution in [0.4, 0.5) is 25.1 Å². The lowest BCUT2D eigenvalue weighted by molar-refractivity contribution is 0.153. The van der Waals surface area contributed by atoms with E-state index in [1.807, 2.05) is 18.2 Å². The molecule has 8 nitrogen and oxygen atoms in total. The summed E-state index contributed by atoms with van der Waals surface area (Å²) in [5, 5.41) is 9.99. The van der Waals surface area contributed by atoms with E-state index in [9.17, 15) is 13.6 Å². The van der Waals surface area contributed by atoms with Gasteiger partial charge < -0.3 is 26.2 Å². The Bertz CT molecular complexity index is 1130. The number of nitrogens with zero attached hydrogens (tertiary/aromatic N) is 4. The minimum absolute atomic E-state index is 0.00376. The number of nitrogen functional groups attached to an aromatic ring is 1. The second kappa shape index (κ2) is 10.6. The maximum atomic E-state index is 14.4. The third kappa shape index (κ3) is 5.52. The van der Waals surface area contributed by atoms with Gasteiger partial charge in [-0.25, -0.2) is 18.3 Å². The number of hydrogen-bond donors (Lipinski definition) is 3. The van der Waals surface area contributed by atoms with Gasteiger partial charge >= 0.3 is 6.03 Å². The normalized spacial score (nSPS) is 14.8. The third-order valence-electron chi connectivity index (χ3n) is 5.88. The standard InChI is InChI=1S/C24H29F2N7O/c1-31-12-14-32(15-13-31)11-5-10-28-24(34)29-22-21(17-6-3-2-4-7-17)30-33(23(22)27)20-16-18(25)8-9-19(20)26/h2-4,6-9,16H,5,10-15,27H2,1H3,(H2,28,29,34). The van der Waals surface area contributed by atoms with Gasteiger partial charge in [-0.1, -0.05) is 30.3 Å². The molecule has 180 valence electrons. The van der Waals surface area contributed by atoms with E-state index in [-0.39, 0.29) is 17.2 Å². The molecule has 0 aliphatic carbocycles. The molecule has 0 spiro atoms. The number of hydrogen-bond acceptors (Lipinski definition) is 5. The molecule has 0 saturated carbocycles. The van der Waals surface area contributed by atoms with Crippen LogP contribution in [0.3, 0.4) is 0 Å². The first-order valence-corrected chi connectivity index (χ1v) is 11.3. The summed E-state index contributed by atoms with van der Waals surface area (Å²) in [6.07, 6.45) is 0.811. The molecule has 0 radical (unpaired) electrons. The Labute approximate surface area is 197 Å². The minimum atomic E-state index is -0.685. The van der Waals surface area contributed by atoms with Gasteiger partial charge in [0.1, 0.15) is 28.7 Å². The highest BCUT2D eigenvalue weighted by Crippen LogP contribution is 2.34. The Morgan fingerprint density at radius 2 is 1.82 bits per heavy atom. The van der Waals surface area contributed by atoms with Crippen LogP contribution in [0.5, 0.6) is 0 Å². The first-order valence-electron chi connectivity index (χ1n) is 11.3. The zero-order valence-corrected chi connectivity index (χ0v) is 19.1. The van der Waals surface area contributed by atoms with Gasteiger partial charge in [-0.05, 0) is 32.1 Å². The summed E-state index contributed by atoms with van der Waals surface area (Å²) in [5.74, 6) is -1.31. The van der Waals surface area contributed by atoms with Crippen molar-refractivity contribution in [2.45, 2.75) is 6.42 Å². The fourth-order valence-electron chi connectivity index (χ4n) is 3.92. The number of nitrogens with two attached hydrogens (primary N) is 1. The molecule has 0 atom stereocenters. The summed E-state index contributed by atoms with van der Waals surface area (Å²) in [6.45, 7) is 5.54. The molecular weight excluding hydrogens is 440 g/mol. The highest BCUT2D eigenvalue weighted by atomic mass is 19.1. The van der Waals surface area contributed by atoms with Crippen molar-refractivity contribution in [3.05, 3.63) is 60.2 Å². The van der Waals surface area contributed by atoms with Crippen LogP contribution in [-0.4, -0.2) is 71.9 Å². The van der Waals surface area contributed by atoms with E-state index in [0.717, 1.165) is 62.0 Å². The number of nitrogens with one attached hydrogen (secondary N) is 2. The fraction of sp³-hybridized carbons (Fsp3) is 0.333. The lowest BCUT2D eigenvalue weighted by Gasteiger charge is -2.32. The molecule has 34 heavy (non-hydrogen) atoms. The summed E-state index contributed by atoms with van der Waals surface area (Å²) in [7, 11) is 2.11. The molecule has 10 heteroatoms. The maximum absolute atomic E-state index is 14.4. The number of rotatable bonds is 7. The van der Waals surface area contributed by atoms with Gasteiger partial charge in [-0.15, -0.1) is 0 Å². The Balaban J connectivity index is 1.48. The Hall–Kier alpha value is -3.50. The van der Waals surface area contributed by atoms with Crippen molar-refractivity contribution in [2.24, 2.45) is 0 Å². The molecule has 1 aromatic heterocycles. The Morgan fingerprint density at radius 1 is 1.09 bits per heavy atom. The van der Waals surface area contributed by atoms with Crippen molar-refractivity contribution >= 4 is 17.5 Å². The van der Waals surface area contributed by atoms with Crippen molar-refractivity contribution in [1.82, 2.24) is 24.9 Å². The highest BCUT2D eigenvalue weighted by molar-refractivity contribution is 5.97. The molecule has 1 fully saturated rings. The lowest BCUT2D eigenvalue weighted by atomic mass is 10.1. The highest BCUT2D eigenvalue weighted by Gasteiger charge is 2.22. The molecule has 2 heterocycles. The average Bonchev–Trinajstić information content (AvgIpc) is 3.16. The molecule has 4 N–H and O–H groups in total. The van der Waals surface area contributed by atoms with Crippen molar-refractivity contribution in [2.75, 3.05) is 57.4 Å². The van der Waals surface area contributed by atoms with Gasteiger partial charge in [-0.2, -0.15) is 5.10 Å². The van der Waals surface area contributed by atoms with Crippen LogP contribution in [0.15, 0.2) is 48.5 Å². The molecule has 2 amide bonds. The van der Waals surface area contributed by atoms with E-state index in [1.54, 1.807) is 12.1 Å². The maximum Gasteiger partial charge on any atom is 0.319 e. The zero-order chi connectivity index (χ0) is 24.1. The summed E-state index contributed by atoms with van der Waals surface area (Å²) in [4.78, 5) is 17.3. The van der Waals surface area contributed by atoms with Gasteiger partial charge in [0.15, 0.2) is 5.82 Å². The number of benzene rings is 2. The van der Waals surface area contributed by atoms with E-state index in [0.29, 0.717) is 17.8 Å². The van der Waals surface area contributed by atoms with Crippen LogP contribution < -0.4 is 16.4 Å². The number of aromatic nitrogens is 2. The minimum Gasteiger partial charge on any atom is -0.382 e. The SMILES string of the molecule is CN1CCN(CCCNC(=O)Nc2c(-c3ccccc3)nn(-c3cc(F)ccc3F)c2N)CC1. The van der Waals surface area contributed by atoms with Gasteiger partial charge in [0.2, 0.25) is 0 Å². The number of likely N-dealkylation sites (N-methyl/N-ethyl adjacent to an activating group) is 1. The van der Waals surface area contributed by atoms with Crippen LogP contribution in [0, 0.1) is 11.6 Å². The van der Waals surface area contributed by atoms with Crippen molar-refractivity contribution in [3.8, 4) is 16.9 Å². The molecule has 0 unspecified atom stereocenters. The van der Waals surface area contributed by atoms with Crippen molar-refractivity contribution < 1.29 is 13.6 Å². The second-order valence-electron chi connectivity index (χ2n) is 8.36. The summed E-state index contributed by atoms with van der Waals surface area (Å²) >= 11 is 0. The van der Waals surface area contributed by atoms with Crippen molar-refractivity contribution in [1.29, 1.82) is 0 Å². The molecule has 1 saturated heterocycles. The van der Waals surface area contributed by atoms with Gasteiger partial charge in [0.25, 0.3) is 0 Å². The van der Waals surface area contributed by atoms with Crippen LogP contribution in [0.25, 0.3) is 16.9 Å². The number of carbonyl (C=O) groups is 1. The number of anilines is 2. The summed E-state index contributed by atoms with van der Waals surface area (Å²) in [6, 6.07) is 11.7. The van der Waals surface area contributed by atoms with Gasteiger partial charge in [0.05, 0.1) is 0 Å². The zero-order valence-electron chi connectivity index (χ0n) is 19.1. The van der Waals surface area contributed by atoms with E-state index in [4.69, 9.17) is 5.73 Å². The van der Waals surface area contributed by atoms with E-state index in [2.05, 4.69) is 32.6 Å². The molecule has 4 rings (SSSR count). The molecule has 3 aromatic rings. The number of urea groups is 1. The third-order valence-corrected chi connectivity index (χ3v) is 5.88. The second-order valence-corrected chi connectivity index (χ2v) is 8.36. The van der Waals surface area contributed by atoms with Crippen LogP contribution in [0.1, 0.15) is 6.42 Å². The Morgan fingerprint density at radius 3 is 2.56 bits per heavy atom. The number of amides is 2. The molecular formula is C24H29F2N7O. The van der Waals surface area contributed by atoms with E-state index < -0.39 is 17.7 Å². The van der Waals surface area contributed by atoms with Crippen LogP contribution in [0.2, 0.25) is 0 Å². The van der Waals surface area contributed by atoms with Crippen LogP contribution in [-0.2, 0) is 0 Å². The Kier molecular flexibility index (Phi) is 7.39. The van der Waals surface area contributed by atoms with Crippen molar-refractivity contribution in [3.63, 3.8) is 0 Å². The van der Waals surface area contributed by atoms with Crippen LogP contribution >= 0.6 is 0 Å². The largest absolute Gasteiger partial charge is 0.382 e. The topological polar surface area (TPSA) is 91.5 Å². The average molecular weight is 470 g/mol. The molecule has 2 aromatic carbocycles. The quantitative estimate of drug-likeness (QED) is 0.463. The summed E-state index contributed by atoms with van der Waals surface area (Å²) < 4.78 is 29.3. The molecule has 0 bridgehead atoms. The smallest absolute Gasteiger partial charge is 0.319 e. The monoisotopic (exact) mass is 469 g/mol. The van der Waals surface area contributed by atoms with E-state index in [1.165, 1.54) is 0 Å².